The van der Waals surface area contributed by atoms with E-state index in [1.165, 1.54) is 38.2 Å². The van der Waals surface area contributed by atoms with Gasteiger partial charge in [-0.25, -0.2) is 4.39 Å². The molecular weight excluding hydrogens is 328 g/mol. The molecule has 2 aliphatic carbocycles. The maximum absolute atomic E-state index is 13.5. The predicted molar refractivity (Wildman–Crippen MR) is 92.5 cm³/mol. The summed E-state index contributed by atoms with van der Waals surface area (Å²) < 4.78 is 52.2. The van der Waals surface area contributed by atoms with Crippen LogP contribution in [0.5, 0.6) is 0 Å². The molecular formula is C21H26F4. The monoisotopic (exact) mass is 354 g/mol. The highest BCUT2D eigenvalue weighted by atomic mass is 19.4. The molecule has 1 aromatic rings. The van der Waals surface area contributed by atoms with Gasteiger partial charge in [0.2, 0.25) is 0 Å². The quantitative estimate of drug-likeness (QED) is 0.502. The van der Waals surface area contributed by atoms with Crippen molar-refractivity contribution in [2.75, 3.05) is 0 Å². The van der Waals surface area contributed by atoms with Crippen molar-refractivity contribution >= 4 is 5.57 Å². The van der Waals surface area contributed by atoms with Crippen LogP contribution in [0.3, 0.4) is 0 Å². The van der Waals surface area contributed by atoms with Gasteiger partial charge in [0.15, 0.2) is 0 Å². The Hall–Kier alpha value is -1.32. The molecule has 4 heteroatoms. The molecule has 1 saturated carbocycles. The summed E-state index contributed by atoms with van der Waals surface area (Å²) in [6.07, 6.45) is 6.71. The lowest BCUT2D eigenvalue weighted by Gasteiger charge is -2.35. The van der Waals surface area contributed by atoms with Gasteiger partial charge in [0, 0.05) is 0 Å². The molecule has 0 bridgehead atoms. The number of halogens is 4. The van der Waals surface area contributed by atoms with Gasteiger partial charge < -0.3 is 0 Å². The van der Waals surface area contributed by atoms with E-state index in [1.807, 2.05) is 0 Å². The Morgan fingerprint density at radius 3 is 2.28 bits per heavy atom. The van der Waals surface area contributed by atoms with Crippen LogP contribution in [0.4, 0.5) is 17.6 Å². The Balaban J connectivity index is 1.67. The Morgan fingerprint density at radius 1 is 1.00 bits per heavy atom. The summed E-state index contributed by atoms with van der Waals surface area (Å²) in [5, 5.41) is 0. The third-order valence-electron chi connectivity index (χ3n) is 6.23. The minimum atomic E-state index is -4.64. The van der Waals surface area contributed by atoms with E-state index < -0.39 is 17.6 Å². The van der Waals surface area contributed by atoms with Crippen molar-refractivity contribution in [1.29, 1.82) is 0 Å². The fourth-order valence-corrected chi connectivity index (χ4v) is 4.55. The lowest BCUT2D eigenvalue weighted by atomic mass is 9.70. The molecule has 138 valence electrons. The summed E-state index contributed by atoms with van der Waals surface area (Å²) in [5.74, 6) is 1.10. The Kier molecular flexibility index (Phi) is 5.55. The third kappa shape index (κ3) is 4.27. The molecule has 0 aliphatic heterocycles. The fraction of sp³-hybridized carbons (Fsp3) is 0.619. The molecule has 0 spiro atoms. The maximum atomic E-state index is 13.5. The van der Waals surface area contributed by atoms with Crippen molar-refractivity contribution in [3.8, 4) is 0 Å². The number of allylic oxidation sites excluding steroid dienone is 2. The molecule has 25 heavy (non-hydrogen) atoms. The smallest absolute Gasteiger partial charge is 0.206 e. The predicted octanol–water partition coefficient (Wildman–Crippen LogP) is 7.24. The molecule has 2 aliphatic rings. The number of hydrogen-bond acceptors (Lipinski definition) is 0. The van der Waals surface area contributed by atoms with Crippen LogP contribution in [0, 0.1) is 23.6 Å². The second-order valence-corrected chi connectivity index (χ2v) is 7.65. The Morgan fingerprint density at radius 2 is 1.72 bits per heavy atom. The van der Waals surface area contributed by atoms with Gasteiger partial charge in [-0.2, -0.15) is 13.2 Å². The van der Waals surface area contributed by atoms with E-state index >= 15 is 0 Å². The van der Waals surface area contributed by atoms with Gasteiger partial charge in [-0.3, -0.25) is 0 Å². The maximum Gasteiger partial charge on any atom is 0.419 e. The first-order chi connectivity index (χ1) is 11.9. The van der Waals surface area contributed by atoms with Gasteiger partial charge in [0.05, 0.1) is 5.56 Å². The normalized spacial score (nSPS) is 27.9. The largest absolute Gasteiger partial charge is 0.419 e. The Labute approximate surface area is 147 Å². The van der Waals surface area contributed by atoms with Crippen molar-refractivity contribution in [1.82, 2.24) is 0 Å². The van der Waals surface area contributed by atoms with Gasteiger partial charge >= 0.3 is 6.18 Å². The summed E-state index contributed by atoms with van der Waals surface area (Å²) in [4.78, 5) is 0. The second-order valence-electron chi connectivity index (χ2n) is 7.65. The average molecular weight is 354 g/mol. The summed E-state index contributed by atoms with van der Waals surface area (Å²) in [6, 6.07) is 3.38. The lowest BCUT2D eigenvalue weighted by molar-refractivity contribution is -0.140. The highest BCUT2D eigenvalue weighted by Gasteiger charge is 2.35. The van der Waals surface area contributed by atoms with Gasteiger partial charge in [0.1, 0.15) is 5.82 Å². The van der Waals surface area contributed by atoms with Crippen LogP contribution in [0.25, 0.3) is 5.57 Å². The molecule has 0 N–H and O–H groups in total. The van der Waals surface area contributed by atoms with E-state index in [2.05, 4.69) is 13.0 Å². The molecule has 3 rings (SSSR count). The zero-order valence-corrected chi connectivity index (χ0v) is 14.7. The van der Waals surface area contributed by atoms with Crippen molar-refractivity contribution in [2.24, 2.45) is 17.8 Å². The first kappa shape index (κ1) is 18.5. The van der Waals surface area contributed by atoms with Crippen LogP contribution in [0.2, 0.25) is 0 Å². The molecule has 0 amide bonds. The zero-order chi connectivity index (χ0) is 18.0. The van der Waals surface area contributed by atoms with Gasteiger partial charge in [0.25, 0.3) is 0 Å². The molecule has 0 nitrogen and oxygen atoms in total. The first-order valence-corrected chi connectivity index (χ1v) is 9.44. The number of alkyl halides is 3. The summed E-state index contributed by atoms with van der Waals surface area (Å²) >= 11 is 0. The van der Waals surface area contributed by atoms with Crippen molar-refractivity contribution < 1.29 is 17.6 Å². The zero-order valence-electron chi connectivity index (χ0n) is 14.7. The molecule has 1 fully saturated rings. The number of rotatable bonds is 3. The molecule has 1 atom stereocenters. The van der Waals surface area contributed by atoms with Crippen LogP contribution in [0.1, 0.15) is 69.4 Å². The molecule has 0 saturated heterocycles. The van der Waals surface area contributed by atoms with E-state index in [9.17, 15) is 17.6 Å². The highest BCUT2D eigenvalue weighted by Crippen LogP contribution is 2.42. The van der Waals surface area contributed by atoms with E-state index in [1.54, 1.807) is 0 Å². The molecule has 1 unspecified atom stereocenters. The summed E-state index contributed by atoms with van der Waals surface area (Å²) in [7, 11) is 0. The van der Waals surface area contributed by atoms with Crippen LogP contribution in [0.15, 0.2) is 24.3 Å². The second kappa shape index (κ2) is 7.51. The van der Waals surface area contributed by atoms with Crippen molar-refractivity contribution in [2.45, 2.75) is 64.5 Å². The van der Waals surface area contributed by atoms with E-state index in [4.69, 9.17) is 0 Å². The standard InChI is InChI=1S/C21H26F4/c1-2-14-3-5-15(6-4-14)16-7-9-17(10-8-16)18-11-12-20(22)19(13-18)21(23,24)25/h9,11-16H,2-8,10H2,1H3. The van der Waals surface area contributed by atoms with Crippen LogP contribution < -0.4 is 0 Å². The average Bonchev–Trinajstić information content (AvgIpc) is 2.61. The summed E-state index contributed by atoms with van der Waals surface area (Å²) in [5.41, 5.74) is 0.289. The third-order valence-corrected chi connectivity index (χ3v) is 6.23. The summed E-state index contributed by atoms with van der Waals surface area (Å²) in [6.45, 7) is 2.26. The fourth-order valence-electron chi connectivity index (χ4n) is 4.55. The topological polar surface area (TPSA) is 0 Å². The molecule has 0 heterocycles. The molecule has 0 aromatic heterocycles. The Bertz CT molecular complexity index is 621. The minimum Gasteiger partial charge on any atom is -0.206 e. The highest BCUT2D eigenvalue weighted by molar-refractivity contribution is 5.67. The minimum absolute atomic E-state index is 0.516. The van der Waals surface area contributed by atoms with Crippen molar-refractivity contribution in [3.05, 3.63) is 41.2 Å². The number of hydrogen-bond donors (Lipinski definition) is 0. The van der Waals surface area contributed by atoms with Gasteiger partial charge in [-0.15, -0.1) is 0 Å². The van der Waals surface area contributed by atoms with Crippen LogP contribution >= 0.6 is 0 Å². The molecule has 0 radical (unpaired) electrons. The van der Waals surface area contributed by atoms with Gasteiger partial charge in [-0.1, -0.05) is 38.3 Å². The van der Waals surface area contributed by atoms with Crippen molar-refractivity contribution in [3.63, 3.8) is 0 Å². The van der Waals surface area contributed by atoms with Crippen LogP contribution in [-0.4, -0.2) is 0 Å². The molecule has 1 aromatic carbocycles. The van der Waals surface area contributed by atoms with E-state index in [-0.39, 0.29) is 0 Å². The van der Waals surface area contributed by atoms with Crippen LogP contribution in [-0.2, 0) is 6.18 Å². The SMILES string of the molecule is CCC1CCC(C2CC=C(c3ccc(F)c(C(F)(F)F)c3)CC2)CC1. The first-order valence-electron chi connectivity index (χ1n) is 9.44. The van der Waals surface area contributed by atoms with E-state index in [0.717, 1.165) is 48.8 Å². The lowest BCUT2D eigenvalue weighted by Crippen LogP contribution is -2.23. The van der Waals surface area contributed by atoms with Gasteiger partial charge in [-0.05, 0) is 73.1 Å². The van der Waals surface area contributed by atoms with E-state index in [0.29, 0.717) is 11.5 Å². The number of benzene rings is 1.